The first-order valence-corrected chi connectivity index (χ1v) is 4.24. The van der Waals surface area contributed by atoms with Crippen molar-refractivity contribution in [1.29, 1.82) is 0 Å². The van der Waals surface area contributed by atoms with Crippen molar-refractivity contribution in [3.8, 4) is 0 Å². The number of alkyl halides is 3. The summed E-state index contributed by atoms with van der Waals surface area (Å²) in [7, 11) is 0. The van der Waals surface area contributed by atoms with Gasteiger partial charge in [0.25, 0.3) is 0 Å². The summed E-state index contributed by atoms with van der Waals surface area (Å²) in [6, 6.07) is 0. The highest BCUT2D eigenvalue weighted by atomic mass is 19.4. The number of rotatable bonds is 1. The molecule has 0 spiro atoms. The van der Waals surface area contributed by atoms with Crippen LogP contribution < -0.4 is 0 Å². The maximum absolute atomic E-state index is 11.9. The van der Waals surface area contributed by atoms with Gasteiger partial charge in [0.05, 0.1) is 18.6 Å². The van der Waals surface area contributed by atoms with E-state index in [2.05, 4.69) is 0 Å². The Morgan fingerprint density at radius 3 is 2.00 bits per heavy atom. The molecule has 2 atom stereocenters. The molecule has 0 amide bonds. The number of hydrogen-bond acceptors (Lipinski definition) is 2. The molecule has 2 nitrogen and oxygen atoms in total. The largest absolute Gasteiger partial charge is 0.393 e. The Balaban J connectivity index is 2.42. The summed E-state index contributed by atoms with van der Waals surface area (Å²) < 4.78 is 45.8. The van der Waals surface area contributed by atoms with Gasteiger partial charge in [-0.05, 0) is 20.3 Å². The van der Waals surface area contributed by atoms with Gasteiger partial charge in [0.15, 0.2) is 6.29 Å². The van der Waals surface area contributed by atoms with Crippen molar-refractivity contribution >= 4 is 0 Å². The van der Waals surface area contributed by atoms with Crippen LogP contribution in [-0.4, -0.2) is 24.7 Å². The lowest BCUT2D eigenvalue weighted by Gasteiger charge is -2.32. The van der Waals surface area contributed by atoms with Crippen molar-refractivity contribution in [3.05, 3.63) is 0 Å². The molecule has 0 aromatic heterocycles. The molecular weight excluding hydrogens is 185 g/mol. The Kier molecular flexibility index (Phi) is 3.18. The fraction of sp³-hybridized carbons (Fsp3) is 1.00. The van der Waals surface area contributed by atoms with Crippen molar-refractivity contribution in [3.63, 3.8) is 0 Å². The van der Waals surface area contributed by atoms with Crippen LogP contribution in [0.4, 0.5) is 13.2 Å². The molecule has 78 valence electrons. The smallest absolute Gasteiger partial charge is 0.349 e. The molecule has 0 aromatic carbocycles. The van der Waals surface area contributed by atoms with Gasteiger partial charge in [-0.15, -0.1) is 0 Å². The van der Waals surface area contributed by atoms with Crippen molar-refractivity contribution in [2.24, 2.45) is 0 Å². The normalized spacial score (nSPS) is 36.2. The van der Waals surface area contributed by atoms with Crippen LogP contribution in [0.3, 0.4) is 0 Å². The Hall–Kier alpha value is -0.290. The SMILES string of the molecule is CC1CC(C)OC(CC(F)(F)F)O1. The third kappa shape index (κ3) is 3.95. The van der Waals surface area contributed by atoms with Gasteiger partial charge in [-0.3, -0.25) is 0 Å². The maximum atomic E-state index is 11.9. The van der Waals surface area contributed by atoms with Gasteiger partial charge in [-0.25, -0.2) is 0 Å². The Labute approximate surface area is 75.0 Å². The van der Waals surface area contributed by atoms with Gasteiger partial charge in [-0.1, -0.05) is 0 Å². The molecule has 0 aliphatic carbocycles. The van der Waals surface area contributed by atoms with E-state index in [4.69, 9.17) is 9.47 Å². The minimum Gasteiger partial charge on any atom is -0.349 e. The predicted molar refractivity (Wildman–Crippen MR) is 40.2 cm³/mol. The molecule has 13 heavy (non-hydrogen) atoms. The Morgan fingerprint density at radius 2 is 1.62 bits per heavy atom. The maximum Gasteiger partial charge on any atom is 0.393 e. The van der Waals surface area contributed by atoms with Crippen molar-refractivity contribution < 1.29 is 22.6 Å². The quantitative estimate of drug-likeness (QED) is 0.644. The summed E-state index contributed by atoms with van der Waals surface area (Å²) in [5.41, 5.74) is 0. The summed E-state index contributed by atoms with van der Waals surface area (Å²) in [5, 5.41) is 0. The second-order valence-corrected chi connectivity index (χ2v) is 3.38. The Bertz CT molecular complexity index is 159. The molecular formula is C8H13F3O2. The molecule has 0 bridgehead atoms. The van der Waals surface area contributed by atoms with E-state index in [1.807, 2.05) is 0 Å². The molecule has 1 rings (SSSR count). The molecule has 1 saturated heterocycles. The van der Waals surface area contributed by atoms with Crippen LogP contribution in [-0.2, 0) is 9.47 Å². The van der Waals surface area contributed by atoms with E-state index in [0.717, 1.165) is 0 Å². The van der Waals surface area contributed by atoms with E-state index in [1.165, 1.54) is 0 Å². The number of halogens is 3. The van der Waals surface area contributed by atoms with E-state index in [1.54, 1.807) is 13.8 Å². The monoisotopic (exact) mass is 198 g/mol. The average Bonchev–Trinajstić information content (AvgIpc) is 1.78. The second-order valence-electron chi connectivity index (χ2n) is 3.38. The highest BCUT2D eigenvalue weighted by Gasteiger charge is 2.36. The summed E-state index contributed by atoms with van der Waals surface area (Å²) in [5.74, 6) is 0. The van der Waals surface area contributed by atoms with E-state index in [9.17, 15) is 13.2 Å². The highest BCUT2D eigenvalue weighted by molar-refractivity contribution is 4.67. The summed E-state index contributed by atoms with van der Waals surface area (Å²) >= 11 is 0. The van der Waals surface area contributed by atoms with E-state index < -0.39 is 18.9 Å². The van der Waals surface area contributed by atoms with E-state index in [0.29, 0.717) is 6.42 Å². The van der Waals surface area contributed by atoms with Gasteiger partial charge in [-0.2, -0.15) is 13.2 Å². The molecule has 1 aliphatic heterocycles. The van der Waals surface area contributed by atoms with E-state index >= 15 is 0 Å². The second kappa shape index (κ2) is 3.84. The van der Waals surface area contributed by atoms with Crippen molar-refractivity contribution in [1.82, 2.24) is 0 Å². The number of hydrogen-bond donors (Lipinski definition) is 0. The summed E-state index contributed by atoms with van der Waals surface area (Å²) in [6.07, 6.45) is -6.04. The number of ether oxygens (including phenoxy) is 2. The molecule has 0 radical (unpaired) electrons. The van der Waals surface area contributed by atoms with Crippen LogP contribution in [0.5, 0.6) is 0 Å². The first-order valence-electron chi connectivity index (χ1n) is 4.24. The van der Waals surface area contributed by atoms with Gasteiger partial charge < -0.3 is 9.47 Å². The van der Waals surface area contributed by atoms with Crippen LogP contribution in [0.15, 0.2) is 0 Å². The third-order valence-electron chi connectivity index (χ3n) is 1.83. The van der Waals surface area contributed by atoms with Crippen molar-refractivity contribution in [2.45, 2.75) is 51.4 Å². The summed E-state index contributed by atoms with van der Waals surface area (Å²) in [4.78, 5) is 0. The lowest BCUT2D eigenvalue weighted by atomic mass is 10.1. The van der Waals surface area contributed by atoms with Crippen molar-refractivity contribution in [2.75, 3.05) is 0 Å². The van der Waals surface area contributed by atoms with Gasteiger partial charge in [0.2, 0.25) is 0 Å². The zero-order valence-corrected chi connectivity index (χ0v) is 7.60. The van der Waals surface area contributed by atoms with Gasteiger partial charge >= 0.3 is 6.18 Å². The third-order valence-corrected chi connectivity index (χ3v) is 1.83. The molecule has 0 saturated carbocycles. The fourth-order valence-corrected chi connectivity index (χ4v) is 1.41. The molecule has 0 aromatic rings. The standard InChI is InChI=1S/C8H13F3O2/c1-5-3-6(2)13-7(12-5)4-8(9,10)11/h5-7H,3-4H2,1-2H3. The van der Waals surface area contributed by atoms with E-state index in [-0.39, 0.29) is 12.2 Å². The van der Waals surface area contributed by atoms with Crippen LogP contribution >= 0.6 is 0 Å². The molecule has 1 fully saturated rings. The van der Waals surface area contributed by atoms with Crippen LogP contribution in [0.25, 0.3) is 0 Å². The molecule has 1 aliphatic rings. The van der Waals surface area contributed by atoms with Gasteiger partial charge in [0, 0.05) is 0 Å². The molecule has 0 N–H and O–H groups in total. The minimum absolute atomic E-state index is 0.156. The average molecular weight is 198 g/mol. The first-order chi connectivity index (χ1) is 5.87. The highest BCUT2D eigenvalue weighted by Crippen LogP contribution is 2.28. The van der Waals surface area contributed by atoms with Crippen LogP contribution in [0, 0.1) is 0 Å². The topological polar surface area (TPSA) is 18.5 Å². The predicted octanol–water partition coefficient (Wildman–Crippen LogP) is 2.48. The molecule has 1 heterocycles. The van der Waals surface area contributed by atoms with Crippen LogP contribution in [0.2, 0.25) is 0 Å². The minimum atomic E-state index is -4.22. The summed E-state index contributed by atoms with van der Waals surface area (Å²) in [6.45, 7) is 3.50. The zero-order chi connectivity index (χ0) is 10.1. The first kappa shape index (κ1) is 10.8. The zero-order valence-electron chi connectivity index (χ0n) is 7.60. The van der Waals surface area contributed by atoms with Crippen LogP contribution in [0.1, 0.15) is 26.7 Å². The van der Waals surface area contributed by atoms with Gasteiger partial charge in [0.1, 0.15) is 0 Å². The lowest BCUT2D eigenvalue weighted by Crippen LogP contribution is -2.38. The molecule has 2 unspecified atom stereocenters. The molecule has 5 heteroatoms. The fourth-order valence-electron chi connectivity index (χ4n) is 1.41. The Morgan fingerprint density at radius 1 is 1.15 bits per heavy atom. The lowest BCUT2D eigenvalue weighted by molar-refractivity contribution is -0.274.